The van der Waals surface area contributed by atoms with Crippen molar-refractivity contribution in [1.29, 1.82) is 0 Å². The summed E-state index contributed by atoms with van der Waals surface area (Å²) in [4.78, 5) is 23.2. The number of nitrogens with zero attached hydrogens (tertiary/aromatic N) is 1. The van der Waals surface area contributed by atoms with E-state index < -0.39 is 5.97 Å². The van der Waals surface area contributed by atoms with E-state index in [1.807, 2.05) is 24.4 Å². The molecule has 5 heteroatoms. The highest BCUT2D eigenvalue weighted by Gasteiger charge is 2.03. The molecular formula is C14H13NO3S. The fourth-order valence-electron chi connectivity index (χ4n) is 1.72. The molecule has 0 atom stereocenters. The van der Waals surface area contributed by atoms with E-state index in [9.17, 15) is 9.59 Å². The van der Waals surface area contributed by atoms with Crippen molar-refractivity contribution in [1.82, 2.24) is 4.57 Å². The van der Waals surface area contributed by atoms with E-state index in [4.69, 9.17) is 5.11 Å². The molecule has 19 heavy (non-hydrogen) atoms. The van der Waals surface area contributed by atoms with Crippen molar-refractivity contribution in [3.05, 3.63) is 62.2 Å². The molecule has 2 heterocycles. The Balaban J connectivity index is 2.21. The predicted octanol–water partition coefficient (Wildman–Crippen LogP) is 2.36. The number of aromatic nitrogens is 1. The SMILES string of the molecule is Cc1cccc(=O)n1Cc1cc(C=CC(=O)O)cs1. The van der Waals surface area contributed by atoms with Crippen molar-refractivity contribution in [3.63, 3.8) is 0 Å². The molecule has 0 saturated carbocycles. The lowest BCUT2D eigenvalue weighted by atomic mass is 10.2. The van der Waals surface area contributed by atoms with Crippen molar-refractivity contribution in [2.24, 2.45) is 0 Å². The van der Waals surface area contributed by atoms with Crippen molar-refractivity contribution < 1.29 is 9.90 Å². The van der Waals surface area contributed by atoms with Crippen molar-refractivity contribution in [2.75, 3.05) is 0 Å². The first-order valence-corrected chi connectivity index (χ1v) is 6.59. The average molecular weight is 275 g/mol. The van der Waals surface area contributed by atoms with Crippen LogP contribution >= 0.6 is 11.3 Å². The minimum atomic E-state index is -0.970. The lowest BCUT2D eigenvalue weighted by Gasteiger charge is -2.07. The molecule has 0 amide bonds. The molecule has 2 rings (SSSR count). The highest BCUT2D eigenvalue weighted by atomic mass is 32.1. The average Bonchev–Trinajstić information content (AvgIpc) is 2.79. The largest absolute Gasteiger partial charge is 0.478 e. The van der Waals surface area contributed by atoms with E-state index in [1.165, 1.54) is 17.4 Å². The molecule has 4 nitrogen and oxygen atoms in total. The number of hydrogen-bond acceptors (Lipinski definition) is 3. The minimum absolute atomic E-state index is 0.0315. The summed E-state index contributed by atoms with van der Waals surface area (Å²) in [5, 5.41) is 10.4. The summed E-state index contributed by atoms with van der Waals surface area (Å²) in [6.45, 7) is 2.40. The number of aryl methyl sites for hydroxylation is 1. The summed E-state index contributed by atoms with van der Waals surface area (Å²) in [6, 6.07) is 7.05. The molecule has 98 valence electrons. The Labute approximate surface area is 114 Å². The van der Waals surface area contributed by atoms with Gasteiger partial charge in [-0.1, -0.05) is 6.07 Å². The smallest absolute Gasteiger partial charge is 0.328 e. The zero-order valence-corrected chi connectivity index (χ0v) is 11.2. The van der Waals surface area contributed by atoms with Crippen LogP contribution in [0.25, 0.3) is 6.08 Å². The third kappa shape index (κ3) is 3.42. The van der Waals surface area contributed by atoms with Crippen LogP contribution < -0.4 is 5.56 Å². The summed E-state index contributed by atoms with van der Waals surface area (Å²) < 4.78 is 1.69. The number of pyridine rings is 1. The van der Waals surface area contributed by atoms with Crippen LogP contribution in [-0.2, 0) is 11.3 Å². The van der Waals surface area contributed by atoms with Crippen molar-refractivity contribution >= 4 is 23.4 Å². The van der Waals surface area contributed by atoms with Gasteiger partial charge in [-0.25, -0.2) is 4.79 Å². The number of carboxylic acids is 1. The van der Waals surface area contributed by atoms with Gasteiger partial charge in [-0.3, -0.25) is 4.79 Å². The molecule has 0 radical (unpaired) electrons. The third-order valence-corrected chi connectivity index (χ3v) is 3.61. The topological polar surface area (TPSA) is 59.3 Å². The number of hydrogen-bond donors (Lipinski definition) is 1. The van der Waals surface area contributed by atoms with Gasteiger partial charge in [0.05, 0.1) is 6.54 Å². The maximum Gasteiger partial charge on any atom is 0.328 e. The molecule has 0 fully saturated rings. The van der Waals surface area contributed by atoms with E-state index in [2.05, 4.69) is 0 Å². The lowest BCUT2D eigenvalue weighted by Crippen LogP contribution is -2.20. The van der Waals surface area contributed by atoms with Crippen LogP contribution in [0.2, 0.25) is 0 Å². The standard InChI is InChI=1S/C14H13NO3S/c1-10-3-2-4-13(16)15(10)8-12-7-11(9-19-12)5-6-14(17)18/h2-7,9H,8H2,1H3,(H,17,18). The molecule has 0 saturated heterocycles. The number of rotatable bonds is 4. The van der Waals surface area contributed by atoms with Gasteiger partial charge in [-0.2, -0.15) is 0 Å². The quantitative estimate of drug-likeness (QED) is 0.871. The number of thiophene rings is 1. The molecular weight excluding hydrogens is 262 g/mol. The summed E-state index contributed by atoms with van der Waals surface area (Å²) in [7, 11) is 0. The normalized spacial score (nSPS) is 11.0. The molecule has 2 aromatic heterocycles. The van der Waals surface area contributed by atoms with Gasteiger partial charge in [0.1, 0.15) is 0 Å². The fraction of sp³-hybridized carbons (Fsp3) is 0.143. The summed E-state index contributed by atoms with van der Waals surface area (Å²) in [5.74, 6) is -0.970. The summed E-state index contributed by atoms with van der Waals surface area (Å²) >= 11 is 1.51. The summed E-state index contributed by atoms with van der Waals surface area (Å²) in [5.41, 5.74) is 1.71. The molecule has 0 unspecified atom stereocenters. The van der Waals surface area contributed by atoms with Gasteiger partial charge in [-0.05, 0) is 36.1 Å². The van der Waals surface area contributed by atoms with Gasteiger partial charge in [0.25, 0.3) is 5.56 Å². The van der Waals surface area contributed by atoms with E-state index in [0.29, 0.717) is 6.54 Å². The maximum absolute atomic E-state index is 11.7. The first-order valence-electron chi connectivity index (χ1n) is 5.71. The molecule has 0 aliphatic carbocycles. The van der Waals surface area contributed by atoms with Gasteiger partial charge in [0.15, 0.2) is 0 Å². The molecule has 0 aliphatic heterocycles. The van der Waals surface area contributed by atoms with E-state index in [-0.39, 0.29) is 5.56 Å². The second-order valence-corrected chi connectivity index (χ2v) is 5.11. The predicted molar refractivity (Wildman–Crippen MR) is 75.5 cm³/mol. The second kappa shape index (κ2) is 5.67. The summed E-state index contributed by atoms with van der Waals surface area (Å²) in [6.07, 6.45) is 2.65. The minimum Gasteiger partial charge on any atom is -0.478 e. The molecule has 0 aromatic carbocycles. The Bertz CT molecular complexity index is 682. The number of carboxylic acid groups (broad SMARTS) is 1. The van der Waals surface area contributed by atoms with Gasteiger partial charge >= 0.3 is 5.97 Å². The Morgan fingerprint density at radius 1 is 1.47 bits per heavy atom. The molecule has 0 bridgehead atoms. The van der Waals surface area contributed by atoms with Crippen LogP contribution in [0.5, 0.6) is 0 Å². The van der Waals surface area contributed by atoms with Crippen LogP contribution in [0, 0.1) is 6.92 Å². The zero-order valence-electron chi connectivity index (χ0n) is 10.4. The fourth-order valence-corrected chi connectivity index (χ4v) is 2.56. The molecule has 0 aliphatic rings. The van der Waals surface area contributed by atoms with Crippen molar-refractivity contribution in [3.8, 4) is 0 Å². The van der Waals surface area contributed by atoms with E-state index in [0.717, 1.165) is 22.2 Å². The third-order valence-electron chi connectivity index (χ3n) is 2.67. The highest BCUT2D eigenvalue weighted by Crippen LogP contribution is 2.17. The maximum atomic E-state index is 11.7. The van der Waals surface area contributed by atoms with E-state index in [1.54, 1.807) is 16.7 Å². The van der Waals surface area contributed by atoms with Crippen LogP contribution in [0.4, 0.5) is 0 Å². The number of aliphatic carboxylic acids is 1. The van der Waals surface area contributed by atoms with Crippen LogP contribution in [0.1, 0.15) is 16.1 Å². The molecule has 1 N–H and O–H groups in total. The Hall–Kier alpha value is -2.14. The Kier molecular flexibility index (Phi) is 3.97. The molecule has 0 spiro atoms. The zero-order chi connectivity index (χ0) is 13.8. The van der Waals surface area contributed by atoms with Gasteiger partial charge in [-0.15, -0.1) is 11.3 Å². The lowest BCUT2D eigenvalue weighted by molar-refractivity contribution is -0.131. The highest BCUT2D eigenvalue weighted by molar-refractivity contribution is 7.10. The van der Waals surface area contributed by atoms with Gasteiger partial charge < -0.3 is 9.67 Å². The van der Waals surface area contributed by atoms with Crippen LogP contribution in [0.15, 0.2) is 40.5 Å². The van der Waals surface area contributed by atoms with Gasteiger partial charge in [0.2, 0.25) is 0 Å². The van der Waals surface area contributed by atoms with E-state index >= 15 is 0 Å². The first-order chi connectivity index (χ1) is 9.06. The van der Waals surface area contributed by atoms with Crippen molar-refractivity contribution in [2.45, 2.75) is 13.5 Å². The van der Waals surface area contributed by atoms with Crippen LogP contribution in [0.3, 0.4) is 0 Å². The Morgan fingerprint density at radius 3 is 2.95 bits per heavy atom. The Morgan fingerprint density at radius 2 is 2.26 bits per heavy atom. The van der Waals surface area contributed by atoms with Crippen LogP contribution in [-0.4, -0.2) is 15.6 Å². The second-order valence-electron chi connectivity index (χ2n) is 4.11. The number of carbonyl (C=O) groups is 1. The monoisotopic (exact) mass is 275 g/mol. The first kappa shape index (κ1) is 13.3. The molecule has 2 aromatic rings. The van der Waals surface area contributed by atoms with Gasteiger partial charge in [0, 0.05) is 22.7 Å².